The number of rotatable bonds is 2. The van der Waals surface area contributed by atoms with Crippen LogP contribution in [0.5, 0.6) is 0 Å². The number of likely N-dealkylation sites (N-methyl/N-ethyl adjacent to an activating group) is 1. The third kappa shape index (κ3) is 2.07. The van der Waals surface area contributed by atoms with Gasteiger partial charge < -0.3 is 9.97 Å². The van der Waals surface area contributed by atoms with Crippen LogP contribution in [0.15, 0.2) is 47.8 Å². The summed E-state index contributed by atoms with van der Waals surface area (Å²) in [7, 11) is 2.12. The van der Waals surface area contributed by atoms with Crippen LogP contribution in [0.4, 0.5) is 0 Å². The van der Waals surface area contributed by atoms with Crippen LogP contribution in [0.25, 0.3) is 12.2 Å². The molecular weight excluding hydrogens is 274 g/mol. The van der Waals surface area contributed by atoms with Gasteiger partial charge in [0.25, 0.3) is 0 Å². The smallest absolute Gasteiger partial charge is 0.188 e. The Kier molecular flexibility index (Phi) is 3.12. The third-order valence-electron chi connectivity index (χ3n) is 4.81. The monoisotopic (exact) mass is 293 g/mol. The topological polar surface area (TPSA) is 51.9 Å². The molecule has 0 saturated carbocycles. The number of Topliss-reactive ketones (excluding diaryl/α,β-unsaturated/α-hetero) is 1. The fraction of sp³-hybridized carbons (Fsp3) is 0.278. The average molecular weight is 293 g/mol. The van der Waals surface area contributed by atoms with Crippen molar-refractivity contribution in [3.05, 3.63) is 59.2 Å². The molecule has 2 fully saturated rings. The van der Waals surface area contributed by atoms with Crippen LogP contribution in [0, 0.1) is 0 Å². The van der Waals surface area contributed by atoms with Gasteiger partial charge in [-0.25, -0.2) is 0 Å². The predicted octanol–water partition coefficient (Wildman–Crippen LogP) is 2.86. The molecule has 0 spiro atoms. The number of aromatic nitrogens is 2. The summed E-state index contributed by atoms with van der Waals surface area (Å²) in [6.45, 7) is 0. The van der Waals surface area contributed by atoms with Crippen molar-refractivity contribution in [3.63, 3.8) is 0 Å². The van der Waals surface area contributed by atoms with Crippen LogP contribution in [-0.2, 0) is 4.79 Å². The van der Waals surface area contributed by atoms with Crippen LogP contribution in [-0.4, -0.2) is 39.8 Å². The first-order chi connectivity index (χ1) is 10.7. The first-order valence-electron chi connectivity index (χ1n) is 7.70. The van der Waals surface area contributed by atoms with Crippen molar-refractivity contribution in [2.75, 3.05) is 7.05 Å². The van der Waals surface area contributed by atoms with Gasteiger partial charge in [0.05, 0.1) is 0 Å². The second-order valence-electron chi connectivity index (χ2n) is 6.05. The maximum absolute atomic E-state index is 13.0. The molecule has 4 heteroatoms. The van der Waals surface area contributed by atoms with E-state index in [0.29, 0.717) is 0 Å². The minimum absolute atomic E-state index is 0.190. The van der Waals surface area contributed by atoms with Crippen LogP contribution in [0.3, 0.4) is 0 Å². The number of piperidine rings is 1. The quantitative estimate of drug-likeness (QED) is 0.837. The number of ketones is 1. The number of H-pyrrole nitrogens is 2. The molecule has 0 unspecified atom stereocenters. The summed E-state index contributed by atoms with van der Waals surface area (Å²) in [5.41, 5.74) is 3.77. The van der Waals surface area contributed by atoms with Crippen molar-refractivity contribution in [2.24, 2.45) is 0 Å². The van der Waals surface area contributed by atoms with E-state index in [1.54, 1.807) is 0 Å². The molecule has 2 aromatic rings. The molecule has 0 aliphatic carbocycles. The van der Waals surface area contributed by atoms with E-state index in [1.165, 1.54) is 0 Å². The molecule has 2 bridgehead atoms. The van der Waals surface area contributed by atoms with Gasteiger partial charge in [0.15, 0.2) is 5.78 Å². The number of aromatic amines is 2. The van der Waals surface area contributed by atoms with Crippen molar-refractivity contribution < 1.29 is 4.79 Å². The van der Waals surface area contributed by atoms with E-state index in [1.807, 2.05) is 48.8 Å². The lowest BCUT2D eigenvalue weighted by molar-refractivity contribution is -0.114. The molecule has 2 atom stereocenters. The maximum atomic E-state index is 13.0. The van der Waals surface area contributed by atoms with E-state index >= 15 is 0 Å². The molecule has 2 saturated heterocycles. The van der Waals surface area contributed by atoms with Gasteiger partial charge in [-0.2, -0.15) is 0 Å². The average Bonchev–Trinajstić information content (AvgIpc) is 3.22. The van der Waals surface area contributed by atoms with Gasteiger partial charge in [-0.05, 0) is 56.3 Å². The molecular formula is C18H19N3O. The summed E-state index contributed by atoms with van der Waals surface area (Å²) in [5, 5.41) is 0. The molecule has 112 valence electrons. The van der Waals surface area contributed by atoms with Crippen LogP contribution in [0.2, 0.25) is 0 Å². The van der Waals surface area contributed by atoms with Gasteiger partial charge in [-0.15, -0.1) is 0 Å². The lowest BCUT2D eigenvalue weighted by Gasteiger charge is -2.34. The SMILES string of the molecule is CN1[C@@H]2CC[C@@H]1/C(=C/c1ccc[nH]1)C(=O)/C2=C\c1ccc[nH]1. The van der Waals surface area contributed by atoms with Gasteiger partial charge >= 0.3 is 0 Å². The Hall–Kier alpha value is -2.33. The second kappa shape index (κ2) is 5.14. The summed E-state index contributed by atoms with van der Waals surface area (Å²) in [6, 6.07) is 8.38. The van der Waals surface area contributed by atoms with Crippen molar-refractivity contribution >= 4 is 17.9 Å². The van der Waals surface area contributed by atoms with E-state index in [-0.39, 0.29) is 17.9 Å². The number of carbonyl (C=O) groups is 1. The highest BCUT2D eigenvalue weighted by Gasteiger charge is 2.44. The van der Waals surface area contributed by atoms with Crippen molar-refractivity contribution in [2.45, 2.75) is 24.9 Å². The molecule has 4 rings (SSSR count). The number of nitrogens with one attached hydrogen (secondary N) is 2. The zero-order chi connectivity index (χ0) is 15.1. The zero-order valence-electron chi connectivity index (χ0n) is 12.5. The van der Waals surface area contributed by atoms with Crippen LogP contribution >= 0.6 is 0 Å². The van der Waals surface area contributed by atoms with Gasteiger partial charge in [-0.1, -0.05) is 0 Å². The number of hydrogen-bond donors (Lipinski definition) is 2. The number of nitrogens with zero attached hydrogens (tertiary/aromatic N) is 1. The highest BCUT2D eigenvalue weighted by Crippen LogP contribution is 2.40. The van der Waals surface area contributed by atoms with E-state index in [4.69, 9.17) is 0 Å². The number of carbonyl (C=O) groups excluding carboxylic acids is 1. The Morgan fingerprint density at radius 3 is 1.91 bits per heavy atom. The Morgan fingerprint density at radius 1 is 1.00 bits per heavy atom. The van der Waals surface area contributed by atoms with Gasteiger partial charge in [-0.3, -0.25) is 9.69 Å². The Morgan fingerprint density at radius 2 is 1.50 bits per heavy atom. The lowest BCUT2D eigenvalue weighted by Crippen LogP contribution is -2.43. The van der Waals surface area contributed by atoms with E-state index in [0.717, 1.165) is 35.4 Å². The summed E-state index contributed by atoms with van der Waals surface area (Å²) in [5.74, 6) is 0.190. The fourth-order valence-corrected chi connectivity index (χ4v) is 3.69. The molecule has 4 heterocycles. The van der Waals surface area contributed by atoms with E-state index in [9.17, 15) is 4.79 Å². The molecule has 2 aromatic heterocycles. The molecule has 2 aliphatic heterocycles. The molecule has 4 nitrogen and oxygen atoms in total. The highest BCUT2D eigenvalue weighted by atomic mass is 16.1. The minimum Gasteiger partial charge on any atom is -0.362 e. The van der Waals surface area contributed by atoms with Crippen molar-refractivity contribution in [1.29, 1.82) is 0 Å². The lowest BCUT2D eigenvalue weighted by atomic mass is 9.89. The normalized spacial score (nSPS) is 28.9. The van der Waals surface area contributed by atoms with Crippen molar-refractivity contribution in [1.82, 2.24) is 14.9 Å². The molecule has 0 aromatic carbocycles. The van der Waals surface area contributed by atoms with E-state index < -0.39 is 0 Å². The summed E-state index contributed by atoms with van der Waals surface area (Å²) < 4.78 is 0. The third-order valence-corrected chi connectivity index (χ3v) is 4.81. The zero-order valence-corrected chi connectivity index (χ0v) is 12.5. The number of hydrogen-bond acceptors (Lipinski definition) is 2. The summed E-state index contributed by atoms with van der Waals surface area (Å²) in [4.78, 5) is 21.7. The van der Waals surface area contributed by atoms with Gasteiger partial charge in [0.1, 0.15) is 0 Å². The molecule has 2 N–H and O–H groups in total. The van der Waals surface area contributed by atoms with E-state index in [2.05, 4.69) is 21.9 Å². The Balaban J connectivity index is 1.79. The minimum atomic E-state index is 0.190. The first-order valence-corrected chi connectivity index (χ1v) is 7.70. The fourth-order valence-electron chi connectivity index (χ4n) is 3.69. The van der Waals surface area contributed by atoms with Crippen LogP contribution in [0.1, 0.15) is 24.2 Å². The predicted molar refractivity (Wildman–Crippen MR) is 87.1 cm³/mol. The second-order valence-corrected chi connectivity index (χ2v) is 6.05. The Labute approximate surface area is 129 Å². The molecule has 22 heavy (non-hydrogen) atoms. The maximum Gasteiger partial charge on any atom is 0.188 e. The van der Waals surface area contributed by atoms with Gasteiger partial charge in [0, 0.05) is 47.0 Å². The highest BCUT2D eigenvalue weighted by molar-refractivity contribution is 6.16. The number of fused-ring (bicyclic) bond motifs is 2. The summed E-state index contributed by atoms with van der Waals surface area (Å²) >= 11 is 0. The van der Waals surface area contributed by atoms with Crippen LogP contribution < -0.4 is 0 Å². The molecule has 0 amide bonds. The molecule has 2 aliphatic rings. The Bertz CT molecular complexity index is 675. The summed E-state index contributed by atoms with van der Waals surface area (Å²) in [6.07, 6.45) is 9.87. The first kappa shape index (κ1) is 13.3. The standard InChI is InChI=1S/C18H19N3O/c1-21-16-6-7-17(21)15(11-13-5-3-9-20-13)18(22)14(16)10-12-4-2-8-19-12/h2-5,8-11,16-17,19-20H,6-7H2,1H3/b14-10-,15-11-/t16-,17-/m1/s1. The van der Waals surface area contributed by atoms with Crippen molar-refractivity contribution in [3.8, 4) is 0 Å². The largest absolute Gasteiger partial charge is 0.362 e. The van der Waals surface area contributed by atoms with Gasteiger partial charge in [0.2, 0.25) is 0 Å². The molecule has 0 radical (unpaired) electrons.